The van der Waals surface area contributed by atoms with Crippen molar-refractivity contribution in [1.82, 2.24) is 4.90 Å². The zero-order valence-corrected chi connectivity index (χ0v) is 22.0. The van der Waals surface area contributed by atoms with Gasteiger partial charge in [0.25, 0.3) is 17.1 Å². The van der Waals surface area contributed by atoms with Crippen molar-refractivity contribution < 1.29 is 33.0 Å². The van der Waals surface area contributed by atoms with Gasteiger partial charge >= 0.3 is 0 Å². The van der Waals surface area contributed by atoms with Crippen molar-refractivity contribution in [3.05, 3.63) is 88.0 Å². The van der Waals surface area contributed by atoms with Gasteiger partial charge in [0, 0.05) is 5.69 Å². The normalized spacial score (nSPS) is 13.9. The van der Waals surface area contributed by atoms with Crippen molar-refractivity contribution in [1.29, 1.82) is 0 Å². The van der Waals surface area contributed by atoms with Gasteiger partial charge in [0.05, 0.1) is 22.7 Å². The summed E-state index contributed by atoms with van der Waals surface area (Å²) in [5, 5.41) is 4.91. The van der Waals surface area contributed by atoms with E-state index in [1.54, 1.807) is 42.5 Å². The van der Waals surface area contributed by atoms with E-state index in [2.05, 4.69) is 10.6 Å². The Balaban J connectivity index is 1.38. The average molecular weight is 570 g/mol. The third-order valence-corrected chi connectivity index (χ3v) is 6.53. The topological polar surface area (TPSA) is 114 Å². The van der Waals surface area contributed by atoms with Crippen LogP contribution < -0.4 is 20.1 Å². The van der Waals surface area contributed by atoms with Crippen LogP contribution in [0.5, 0.6) is 11.5 Å². The van der Waals surface area contributed by atoms with E-state index in [-0.39, 0.29) is 23.0 Å². The number of thioether (sulfide) groups is 1. The summed E-state index contributed by atoms with van der Waals surface area (Å²) in [5.74, 6) is -1.50. The Labute approximate surface area is 231 Å². The van der Waals surface area contributed by atoms with Gasteiger partial charge in [-0.2, -0.15) is 0 Å². The first-order valence-electron chi connectivity index (χ1n) is 11.4. The van der Waals surface area contributed by atoms with Crippen molar-refractivity contribution in [2.24, 2.45) is 0 Å². The number of hydrogen-bond donors (Lipinski definition) is 2. The summed E-state index contributed by atoms with van der Waals surface area (Å²) >= 11 is 6.74. The van der Waals surface area contributed by atoms with Crippen molar-refractivity contribution in [3.8, 4) is 11.5 Å². The Bertz CT molecular complexity index is 1460. The lowest BCUT2D eigenvalue weighted by molar-refractivity contribution is -0.127. The lowest BCUT2D eigenvalue weighted by Gasteiger charge is -2.13. The molecule has 0 spiro atoms. The number of anilines is 2. The van der Waals surface area contributed by atoms with Crippen LogP contribution in [0.4, 0.5) is 20.6 Å². The van der Waals surface area contributed by atoms with Crippen LogP contribution in [0.1, 0.15) is 5.56 Å². The third kappa shape index (κ3) is 7.15. The molecular formula is C27H21ClFN3O6S. The molecule has 0 unspecified atom stereocenters. The number of methoxy groups -OCH3 is 1. The minimum Gasteiger partial charge on any atom is -0.493 e. The van der Waals surface area contributed by atoms with E-state index in [9.17, 15) is 23.6 Å². The van der Waals surface area contributed by atoms with Crippen LogP contribution in [0.3, 0.4) is 0 Å². The predicted octanol–water partition coefficient (Wildman–Crippen LogP) is 5.18. The number of hydrogen-bond acceptors (Lipinski definition) is 7. The summed E-state index contributed by atoms with van der Waals surface area (Å²) in [6, 6.07) is 16.7. The van der Waals surface area contributed by atoms with Crippen LogP contribution in [-0.2, 0) is 14.4 Å². The van der Waals surface area contributed by atoms with E-state index >= 15 is 0 Å². The molecule has 0 atom stereocenters. The molecule has 1 aliphatic rings. The molecule has 1 saturated heterocycles. The molecule has 4 rings (SSSR count). The van der Waals surface area contributed by atoms with Gasteiger partial charge in [0.1, 0.15) is 12.4 Å². The first-order chi connectivity index (χ1) is 18.7. The highest BCUT2D eigenvalue weighted by atomic mass is 35.5. The Morgan fingerprint density at radius 1 is 1.00 bits per heavy atom. The van der Waals surface area contributed by atoms with Crippen LogP contribution in [0.25, 0.3) is 6.08 Å². The molecule has 0 bridgehead atoms. The minimum atomic E-state index is -0.615. The summed E-state index contributed by atoms with van der Waals surface area (Å²) in [6.45, 7) is -0.800. The molecule has 0 aliphatic carbocycles. The number of rotatable bonds is 9. The summed E-state index contributed by atoms with van der Waals surface area (Å²) in [7, 11) is 1.41. The van der Waals surface area contributed by atoms with E-state index in [0.717, 1.165) is 4.90 Å². The van der Waals surface area contributed by atoms with Crippen LogP contribution in [0.2, 0.25) is 5.02 Å². The van der Waals surface area contributed by atoms with Crippen molar-refractivity contribution in [3.63, 3.8) is 0 Å². The van der Waals surface area contributed by atoms with E-state index in [1.165, 1.54) is 37.5 Å². The maximum atomic E-state index is 13.0. The summed E-state index contributed by atoms with van der Waals surface area (Å²) in [6.07, 6.45) is 1.49. The molecule has 12 heteroatoms. The quantitative estimate of drug-likeness (QED) is 0.341. The van der Waals surface area contributed by atoms with Crippen molar-refractivity contribution in [2.45, 2.75) is 0 Å². The minimum absolute atomic E-state index is 0.125. The lowest BCUT2D eigenvalue weighted by atomic mass is 10.2. The second kappa shape index (κ2) is 12.5. The monoisotopic (exact) mass is 569 g/mol. The lowest BCUT2D eigenvalue weighted by Crippen LogP contribution is -2.36. The Morgan fingerprint density at radius 3 is 2.46 bits per heavy atom. The molecule has 1 aliphatic heterocycles. The van der Waals surface area contributed by atoms with E-state index in [0.29, 0.717) is 33.7 Å². The van der Waals surface area contributed by atoms with Gasteiger partial charge in [-0.3, -0.25) is 24.1 Å². The first-order valence-corrected chi connectivity index (χ1v) is 12.6. The summed E-state index contributed by atoms with van der Waals surface area (Å²) in [4.78, 5) is 50.8. The molecule has 200 valence electrons. The molecular weight excluding hydrogens is 549 g/mol. The number of carbonyl (C=O) groups excluding carboxylic acids is 4. The molecule has 3 aromatic carbocycles. The highest BCUT2D eigenvalue weighted by molar-refractivity contribution is 8.18. The molecule has 39 heavy (non-hydrogen) atoms. The zero-order chi connectivity index (χ0) is 27.9. The van der Waals surface area contributed by atoms with Gasteiger partial charge in [-0.05, 0) is 71.9 Å². The van der Waals surface area contributed by atoms with Gasteiger partial charge < -0.3 is 20.1 Å². The molecule has 4 amide bonds. The highest BCUT2D eigenvalue weighted by Gasteiger charge is 2.36. The van der Waals surface area contributed by atoms with Crippen molar-refractivity contribution >= 4 is 63.8 Å². The molecule has 0 radical (unpaired) electrons. The van der Waals surface area contributed by atoms with E-state index < -0.39 is 35.3 Å². The molecule has 2 N–H and O–H groups in total. The SMILES string of the molecule is COc1cc(/C=C2/SC(=O)N(CC(=O)Nc3ccccc3Cl)C2=O)ccc1OCC(=O)Nc1ccc(F)cc1. The van der Waals surface area contributed by atoms with Gasteiger partial charge in [-0.25, -0.2) is 4.39 Å². The molecule has 0 saturated carbocycles. The Kier molecular flexibility index (Phi) is 8.84. The second-order valence-electron chi connectivity index (χ2n) is 8.05. The summed E-state index contributed by atoms with van der Waals surface area (Å²) in [5.41, 5.74) is 1.32. The first kappa shape index (κ1) is 27.7. The fraction of sp³-hybridized carbons (Fsp3) is 0.111. The third-order valence-electron chi connectivity index (χ3n) is 5.30. The van der Waals surface area contributed by atoms with Crippen molar-refractivity contribution in [2.75, 3.05) is 30.9 Å². The smallest absolute Gasteiger partial charge is 0.294 e. The summed E-state index contributed by atoms with van der Waals surface area (Å²) < 4.78 is 23.9. The number of imide groups is 1. The molecule has 0 aromatic heterocycles. The van der Waals surface area contributed by atoms with Gasteiger partial charge in [0.2, 0.25) is 5.91 Å². The van der Waals surface area contributed by atoms with Crippen LogP contribution in [-0.4, -0.2) is 48.1 Å². The maximum Gasteiger partial charge on any atom is 0.294 e. The molecule has 9 nitrogen and oxygen atoms in total. The average Bonchev–Trinajstić information content (AvgIpc) is 3.17. The number of benzene rings is 3. The fourth-order valence-corrected chi connectivity index (χ4v) is 4.47. The van der Waals surface area contributed by atoms with Gasteiger partial charge in [-0.1, -0.05) is 29.8 Å². The van der Waals surface area contributed by atoms with Gasteiger partial charge in [0.15, 0.2) is 18.1 Å². The molecule has 3 aromatic rings. The number of para-hydroxylation sites is 1. The highest BCUT2D eigenvalue weighted by Crippen LogP contribution is 2.34. The maximum absolute atomic E-state index is 13.0. The van der Waals surface area contributed by atoms with Crippen LogP contribution in [0.15, 0.2) is 71.6 Å². The number of carbonyl (C=O) groups is 4. The van der Waals surface area contributed by atoms with Gasteiger partial charge in [-0.15, -0.1) is 0 Å². The van der Waals surface area contributed by atoms with Crippen LogP contribution >= 0.6 is 23.4 Å². The predicted molar refractivity (Wildman–Crippen MR) is 146 cm³/mol. The Hall–Kier alpha value is -4.35. The number of amides is 4. The van der Waals surface area contributed by atoms with Crippen LogP contribution in [0, 0.1) is 5.82 Å². The largest absolute Gasteiger partial charge is 0.493 e. The molecule has 1 heterocycles. The second-order valence-corrected chi connectivity index (χ2v) is 9.45. The molecule has 1 fully saturated rings. The fourth-order valence-electron chi connectivity index (χ4n) is 3.45. The number of ether oxygens (including phenoxy) is 2. The van der Waals surface area contributed by atoms with E-state index in [1.807, 2.05) is 0 Å². The van der Waals surface area contributed by atoms with E-state index in [4.69, 9.17) is 21.1 Å². The zero-order valence-electron chi connectivity index (χ0n) is 20.4. The Morgan fingerprint density at radius 2 is 1.74 bits per heavy atom. The standard InChI is InChI=1S/C27H21ClFN3O6S/c1-37-22-12-16(6-11-21(22)38-15-25(34)30-18-9-7-17(29)8-10-18)13-23-26(35)32(27(36)39-23)14-24(33)31-20-5-3-2-4-19(20)28/h2-13H,14-15H2,1H3,(H,30,34)(H,31,33)/b23-13+. The number of nitrogens with one attached hydrogen (secondary N) is 2. The number of nitrogens with zero attached hydrogens (tertiary/aromatic N) is 1. The number of halogens is 2.